The summed E-state index contributed by atoms with van der Waals surface area (Å²) in [7, 11) is 0. The van der Waals surface area contributed by atoms with Crippen LogP contribution in [0.3, 0.4) is 0 Å². The summed E-state index contributed by atoms with van der Waals surface area (Å²) in [6.45, 7) is 1.07. The second-order valence-electron chi connectivity index (χ2n) is 13.7. The number of unbranched alkanes of at least 4 members (excludes halogenated alkanes) is 3. The molecule has 0 N–H and O–H groups in total. The Morgan fingerprint density at radius 1 is 0.600 bits per heavy atom. The molecular weight excluding hydrogens is 704 g/mol. The summed E-state index contributed by atoms with van der Waals surface area (Å²) >= 11 is 0. The zero-order valence-electron chi connectivity index (χ0n) is 30.1. The van der Waals surface area contributed by atoms with E-state index in [1.165, 1.54) is 0 Å². The van der Waals surface area contributed by atoms with Gasteiger partial charge in [0.15, 0.2) is 5.78 Å². The molecule has 0 saturated carbocycles. The van der Waals surface area contributed by atoms with Crippen molar-refractivity contribution < 1.29 is 52.4 Å². The zero-order chi connectivity index (χ0) is 38.1. The maximum atomic E-state index is 12.6. The molecule has 0 radical (unpaired) electrons. The summed E-state index contributed by atoms with van der Waals surface area (Å²) in [6.07, 6.45) is 7.08. The standard InChI is InChI=1S/C44H40O11/c45-39(29-8-4-3-5-9-29)21-12-28-10-13-31(14-11-28)52-27-53-32-17-15-30(16-18-32)50-22-6-1-2-7-23-51-33-19-20-34-35(37-26-40(46)54-42(37)47)25-38-41(36(34)24-33)44(49)55-43(38)48/h3-5,8-21,24,35,37-38,41H,1-2,6-7,22-23,25-27H2/b21-12+. The van der Waals surface area contributed by atoms with E-state index < -0.39 is 47.5 Å². The lowest BCUT2D eigenvalue weighted by molar-refractivity contribution is -0.155. The average Bonchev–Trinajstić information content (AvgIpc) is 3.70. The molecule has 0 bridgehead atoms. The fraction of sp³-hybridized carbons (Fsp3) is 0.295. The molecule has 4 unspecified atom stereocenters. The molecule has 4 aromatic carbocycles. The molecule has 7 rings (SSSR count). The Kier molecular flexibility index (Phi) is 11.7. The van der Waals surface area contributed by atoms with Crippen LogP contribution in [-0.4, -0.2) is 49.7 Å². The van der Waals surface area contributed by atoms with Gasteiger partial charge in [0.05, 0.1) is 37.4 Å². The van der Waals surface area contributed by atoms with Gasteiger partial charge in [-0.25, -0.2) is 0 Å². The molecule has 2 fully saturated rings. The molecule has 0 spiro atoms. The minimum Gasteiger partial charge on any atom is -0.494 e. The highest BCUT2D eigenvalue weighted by molar-refractivity contribution is 6.06. The molecule has 1 aliphatic carbocycles. The third kappa shape index (κ3) is 9.12. The van der Waals surface area contributed by atoms with Gasteiger partial charge in [-0.2, -0.15) is 0 Å². The molecule has 2 aliphatic heterocycles. The van der Waals surface area contributed by atoms with Crippen LogP contribution in [0.4, 0.5) is 0 Å². The normalized spacial score (nSPS) is 20.1. The fourth-order valence-electron chi connectivity index (χ4n) is 7.23. The van der Waals surface area contributed by atoms with E-state index in [2.05, 4.69) is 0 Å². The highest BCUT2D eigenvalue weighted by atomic mass is 16.7. The van der Waals surface area contributed by atoms with Gasteiger partial charge in [-0.15, -0.1) is 0 Å². The van der Waals surface area contributed by atoms with E-state index in [1.54, 1.807) is 36.4 Å². The van der Waals surface area contributed by atoms with Gasteiger partial charge in [-0.1, -0.05) is 54.6 Å². The number of ether oxygens (including phenoxy) is 6. The van der Waals surface area contributed by atoms with E-state index in [-0.39, 0.29) is 25.4 Å². The molecule has 55 heavy (non-hydrogen) atoms. The zero-order valence-corrected chi connectivity index (χ0v) is 30.1. The Labute approximate surface area is 318 Å². The lowest BCUT2D eigenvalue weighted by atomic mass is 9.67. The number of rotatable bonds is 17. The molecule has 2 heterocycles. The Hall–Kier alpha value is -6.23. The molecule has 3 aliphatic rings. The van der Waals surface area contributed by atoms with E-state index in [4.69, 9.17) is 28.4 Å². The Morgan fingerprint density at radius 3 is 1.85 bits per heavy atom. The van der Waals surface area contributed by atoms with Crippen molar-refractivity contribution in [1.29, 1.82) is 0 Å². The van der Waals surface area contributed by atoms with Crippen LogP contribution in [0, 0.1) is 11.8 Å². The average molecular weight is 745 g/mol. The second-order valence-corrected chi connectivity index (χ2v) is 13.7. The van der Waals surface area contributed by atoms with Gasteiger partial charge in [-0.05, 0) is 109 Å². The summed E-state index contributed by atoms with van der Waals surface area (Å²) in [5, 5.41) is 0. The first-order chi connectivity index (χ1) is 26.8. The minimum atomic E-state index is -0.752. The molecule has 0 aromatic heterocycles. The van der Waals surface area contributed by atoms with Crippen LogP contribution < -0.4 is 18.9 Å². The number of fused-ring (bicyclic) bond motifs is 3. The summed E-state index contributed by atoms with van der Waals surface area (Å²) in [6, 6.07) is 29.2. The maximum Gasteiger partial charge on any atom is 0.321 e. The van der Waals surface area contributed by atoms with Crippen LogP contribution in [0.5, 0.6) is 23.0 Å². The monoisotopic (exact) mass is 744 g/mol. The number of benzene rings is 4. The smallest absolute Gasteiger partial charge is 0.321 e. The van der Waals surface area contributed by atoms with E-state index >= 15 is 0 Å². The number of carbonyl (C=O) groups is 5. The predicted octanol–water partition coefficient (Wildman–Crippen LogP) is 7.38. The van der Waals surface area contributed by atoms with Crippen LogP contribution in [0.25, 0.3) is 6.08 Å². The number of hydrogen-bond donors (Lipinski definition) is 0. The topological polar surface area (TPSA) is 141 Å². The van der Waals surface area contributed by atoms with Gasteiger partial charge in [0.1, 0.15) is 23.0 Å². The Bertz CT molecular complexity index is 2050. The largest absolute Gasteiger partial charge is 0.494 e. The van der Waals surface area contributed by atoms with Crippen molar-refractivity contribution in [3.05, 3.63) is 125 Å². The molecule has 282 valence electrons. The van der Waals surface area contributed by atoms with E-state index in [0.29, 0.717) is 41.6 Å². The first-order valence-electron chi connectivity index (χ1n) is 18.4. The van der Waals surface area contributed by atoms with Crippen molar-refractivity contribution in [2.75, 3.05) is 20.0 Å². The van der Waals surface area contributed by atoms with E-state index in [9.17, 15) is 24.0 Å². The lowest BCUT2D eigenvalue weighted by Gasteiger charge is -2.33. The third-order valence-electron chi connectivity index (χ3n) is 10.1. The van der Waals surface area contributed by atoms with Gasteiger partial charge in [0.25, 0.3) is 0 Å². The van der Waals surface area contributed by atoms with Crippen molar-refractivity contribution in [1.82, 2.24) is 0 Å². The molecule has 4 aromatic rings. The molecule has 0 amide bonds. The first-order valence-corrected chi connectivity index (χ1v) is 18.4. The summed E-state index contributed by atoms with van der Waals surface area (Å²) < 4.78 is 33.1. The predicted molar refractivity (Wildman–Crippen MR) is 199 cm³/mol. The van der Waals surface area contributed by atoms with Gasteiger partial charge in [-0.3, -0.25) is 24.0 Å². The van der Waals surface area contributed by atoms with Crippen LogP contribution >= 0.6 is 0 Å². The maximum absolute atomic E-state index is 12.6. The summed E-state index contributed by atoms with van der Waals surface area (Å²) in [4.78, 5) is 61.6. The fourth-order valence-corrected chi connectivity index (χ4v) is 7.23. The Morgan fingerprint density at radius 2 is 1.20 bits per heavy atom. The number of cyclic esters (lactones) is 4. The number of carbonyl (C=O) groups excluding carboxylic acids is 5. The van der Waals surface area contributed by atoms with Crippen molar-refractivity contribution in [3.63, 3.8) is 0 Å². The molecule has 4 atom stereocenters. The van der Waals surface area contributed by atoms with Gasteiger partial charge in [0.2, 0.25) is 6.79 Å². The van der Waals surface area contributed by atoms with Gasteiger partial charge >= 0.3 is 23.9 Å². The molecule has 11 nitrogen and oxygen atoms in total. The Balaban J connectivity index is 0.783. The summed E-state index contributed by atoms with van der Waals surface area (Å²) in [5.41, 5.74) is 2.88. The SMILES string of the molecule is O=C1CC(C2CC3C(=O)OC(=O)C3c3cc(OCCCCCCOc4ccc(OCOc5ccc(/C=C/C(=O)c6ccccc6)cc5)cc4)ccc32)C(=O)O1. The number of esters is 4. The third-order valence-corrected chi connectivity index (χ3v) is 10.1. The lowest BCUT2D eigenvalue weighted by Crippen LogP contribution is -2.31. The van der Waals surface area contributed by atoms with Gasteiger partial charge in [0, 0.05) is 5.56 Å². The first kappa shape index (κ1) is 37.1. The van der Waals surface area contributed by atoms with Crippen molar-refractivity contribution in [2.24, 2.45) is 11.8 Å². The van der Waals surface area contributed by atoms with E-state index in [1.807, 2.05) is 72.8 Å². The van der Waals surface area contributed by atoms with Crippen LogP contribution in [0.15, 0.2) is 103 Å². The highest BCUT2D eigenvalue weighted by Gasteiger charge is 2.53. The number of hydrogen-bond acceptors (Lipinski definition) is 11. The highest BCUT2D eigenvalue weighted by Crippen LogP contribution is 2.51. The number of allylic oxidation sites excluding steroid dienone is 1. The number of ketones is 1. The molecule has 2 saturated heterocycles. The van der Waals surface area contributed by atoms with Gasteiger partial charge < -0.3 is 28.4 Å². The van der Waals surface area contributed by atoms with E-state index in [0.717, 1.165) is 42.6 Å². The molecule has 11 heteroatoms. The van der Waals surface area contributed by atoms with Crippen molar-refractivity contribution in [3.8, 4) is 23.0 Å². The van der Waals surface area contributed by atoms with Crippen LogP contribution in [-0.2, 0) is 28.7 Å². The minimum absolute atomic E-state index is 0.0384. The van der Waals surface area contributed by atoms with Crippen molar-refractivity contribution in [2.45, 2.75) is 50.4 Å². The van der Waals surface area contributed by atoms with Crippen molar-refractivity contribution >= 4 is 35.7 Å². The van der Waals surface area contributed by atoms with Crippen LogP contribution in [0.1, 0.15) is 77.4 Å². The molecular formula is C44H40O11. The summed E-state index contributed by atoms with van der Waals surface area (Å²) in [5.74, 6) is -2.42. The second kappa shape index (κ2) is 17.3. The quantitative estimate of drug-likeness (QED) is 0.0267. The van der Waals surface area contributed by atoms with Crippen LogP contribution in [0.2, 0.25) is 0 Å².